The van der Waals surface area contributed by atoms with E-state index in [2.05, 4.69) is 24.1 Å². The molecule has 156 valence electrons. The van der Waals surface area contributed by atoms with E-state index in [0.29, 0.717) is 30.2 Å². The van der Waals surface area contributed by atoms with Crippen molar-refractivity contribution in [2.45, 2.75) is 64.7 Å². The van der Waals surface area contributed by atoms with Crippen molar-refractivity contribution in [2.24, 2.45) is 5.92 Å². The number of aromatic nitrogens is 1. The summed E-state index contributed by atoms with van der Waals surface area (Å²) in [6.07, 6.45) is 4.02. The second kappa shape index (κ2) is 10.3. The molecule has 1 amide bonds. The number of amides is 1. The van der Waals surface area contributed by atoms with Gasteiger partial charge in [0.1, 0.15) is 0 Å². The number of nitrogens with one attached hydrogen (secondary N) is 1. The molecule has 0 radical (unpaired) electrons. The van der Waals surface area contributed by atoms with E-state index in [1.807, 2.05) is 13.8 Å². The van der Waals surface area contributed by atoms with Crippen LogP contribution < -0.4 is 5.32 Å². The first-order valence-corrected chi connectivity index (χ1v) is 12.2. The van der Waals surface area contributed by atoms with Gasteiger partial charge in [0.2, 0.25) is 15.9 Å². The van der Waals surface area contributed by atoms with Crippen LogP contribution in [0.1, 0.15) is 59.8 Å². The Balaban J connectivity index is 2.26. The number of rotatable bonds is 11. The Kier molecular flexibility index (Phi) is 8.39. The average molecular weight is 426 g/mol. The number of hydrogen-bond donors (Lipinski definition) is 1. The maximum absolute atomic E-state index is 13.1. The minimum Gasteiger partial charge on any atom is -0.302 e. The Morgan fingerprint density at radius 1 is 1.18 bits per heavy atom. The van der Waals surface area contributed by atoms with Crippen molar-refractivity contribution in [3.63, 3.8) is 0 Å². The lowest BCUT2D eigenvalue weighted by molar-refractivity contribution is -0.116. The van der Waals surface area contributed by atoms with Gasteiger partial charge in [0.25, 0.3) is 0 Å². The summed E-state index contributed by atoms with van der Waals surface area (Å²) in [7, 11) is -3.54. The molecular weight excluding hydrogens is 394 g/mol. The quantitative estimate of drug-likeness (QED) is 0.557. The van der Waals surface area contributed by atoms with Gasteiger partial charge in [0.05, 0.1) is 15.1 Å². The van der Waals surface area contributed by atoms with E-state index in [9.17, 15) is 13.2 Å². The lowest BCUT2D eigenvalue weighted by Crippen LogP contribution is -2.33. The maximum atomic E-state index is 13.1. The van der Waals surface area contributed by atoms with Gasteiger partial charge in [-0.2, -0.15) is 4.31 Å². The molecule has 2 rings (SSSR count). The smallest absolute Gasteiger partial charge is 0.243 e. The van der Waals surface area contributed by atoms with Crippen LogP contribution >= 0.6 is 11.3 Å². The molecule has 0 bridgehead atoms. The normalized spacial score (nSPS) is 12.2. The third-order valence-electron chi connectivity index (χ3n) is 4.36. The summed E-state index contributed by atoms with van der Waals surface area (Å²) in [4.78, 5) is 16.7. The van der Waals surface area contributed by atoms with E-state index in [1.54, 1.807) is 22.5 Å². The second-order valence-corrected chi connectivity index (χ2v) is 10.4. The molecule has 0 spiro atoms. The summed E-state index contributed by atoms with van der Waals surface area (Å²) in [5.41, 5.74) is 0.692. The van der Waals surface area contributed by atoms with E-state index in [-0.39, 0.29) is 16.7 Å². The SMILES string of the molecule is CCCCN(CCCC)S(=O)(=O)c1ccc2nc(NC(=O)CC(C)C)sc2c1. The van der Waals surface area contributed by atoms with Crippen molar-refractivity contribution >= 4 is 42.6 Å². The third-order valence-corrected chi connectivity index (χ3v) is 7.19. The zero-order chi connectivity index (χ0) is 20.7. The molecule has 0 unspecified atom stereocenters. The number of benzene rings is 1. The molecule has 0 aliphatic carbocycles. The van der Waals surface area contributed by atoms with Crippen molar-refractivity contribution in [3.8, 4) is 0 Å². The predicted molar refractivity (Wildman–Crippen MR) is 116 cm³/mol. The number of hydrogen-bond acceptors (Lipinski definition) is 5. The van der Waals surface area contributed by atoms with Gasteiger partial charge in [0.15, 0.2) is 5.13 Å². The summed E-state index contributed by atoms with van der Waals surface area (Å²) in [6.45, 7) is 9.16. The zero-order valence-corrected chi connectivity index (χ0v) is 18.8. The van der Waals surface area contributed by atoms with Gasteiger partial charge in [-0.1, -0.05) is 51.9 Å². The van der Waals surface area contributed by atoms with Gasteiger partial charge in [-0.25, -0.2) is 13.4 Å². The molecule has 0 saturated carbocycles. The molecular formula is C20H31N3O3S2. The minimum absolute atomic E-state index is 0.0767. The monoisotopic (exact) mass is 425 g/mol. The molecule has 0 fully saturated rings. The van der Waals surface area contributed by atoms with Gasteiger partial charge in [-0.05, 0) is 37.0 Å². The van der Waals surface area contributed by atoms with Crippen molar-refractivity contribution < 1.29 is 13.2 Å². The highest BCUT2D eigenvalue weighted by atomic mass is 32.2. The fraction of sp³-hybridized carbons (Fsp3) is 0.600. The first-order chi connectivity index (χ1) is 13.3. The number of carbonyl (C=O) groups excluding carboxylic acids is 1. The van der Waals surface area contributed by atoms with Gasteiger partial charge in [-0.15, -0.1) is 0 Å². The van der Waals surface area contributed by atoms with Crippen LogP contribution in [0, 0.1) is 5.92 Å². The Morgan fingerprint density at radius 3 is 2.39 bits per heavy atom. The van der Waals surface area contributed by atoms with E-state index >= 15 is 0 Å². The van der Waals surface area contributed by atoms with Gasteiger partial charge in [-0.3, -0.25) is 4.79 Å². The summed E-state index contributed by atoms with van der Waals surface area (Å²) in [6, 6.07) is 5.00. The third kappa shape index (κ3) is 5.99. The molecule has 0 saturated heterocycles. The maximum Gasteiger partial charge on any atom is 0.243 e. The second-order valence-electron chi connectivity index (χ2n) is 7.41. The van der Waals surface area contributed by atoms with Crippen LogP contribution in [0.2, 0.25) is 0 Å². The van der Waals surface area contributed by atoms with E-state index in [0.717, 1.165) is 30.4 Å². The van der Waals surface area contributed by atoms with Crippen LogP contribution in [-0.2, 0) is 14.8 Å². The number of anilines is 1. The molecule has 0 aliphatic rings. The topological polar surface area (TPSA) is 79.4 Å². The number of thiazole rings is 1. The van der Waals surface area contributed by atoms with Crippen LogP contribution in [0.15, 0.2) is 23.1 Å². The predicted octanol–water partition coefficient (Wildman–Crippen LogP) is 4.87. The number of sulfonamides is 1. The highest BCUT2D eigenvalue weighted by Gasteiger charge is 2.24. The molecule has 1 aromatic carbocycles. The van der Waals surface area contributed by atoms with Gasteiger partial charge >= 0.3 is 0 Å². The van der Waals surface area contributed by atoms with Crippen molar-refractivity contribution in [2.75, 3.05) is 18.4 Å². The van der Waals surface area contributed by atoms with E-state index < -0.39 is 10.0 Å². The highest BCUT2D eigenvalue weighted by Crippen LogP contribution is 2.29. The largest absolute Gasteiger partial charge is 0.302 e. The fourth-order valence-corrected chi connectivity index (χ4v) is 5.37. The zero-order valence-electron chi connectivity index (χ0n) is 17.2. The highest BCUT2D eigenvalue weighted by molar-refractivity contribution is 7.89. The summed E-state index contributed by atoms with van der Waals surface area (Å²) in [5, 5.41) is 3.31. The van der Waals surface area contributed by atoms with Crippen LogP contribution in [0.25, 0.3) is 10.2 Å². The Morgan fingerprint density at radius 2 is 1.82 bits per heavy atom. The molecule has 1 N–H and O–H groups in total. The molecule has 2 aromatic rings. The molecule has 0 aliphatic heterocycles. The average Bonchev–Trinajstić information content (AvgIpc) is 3.01. The number of fused-ring (bicyclic) bond motifs is 1. The Labute approximate surface area is 172 Å². The lowest BCUT2D eigenvalue weighted by Gasteiger charge is -2.21. The van der Waals surface area contributed by atoms with Crippen LogP contribution in [0.3, 0.4) is 0 Å². The first-order valence-electron chi connectivity index (χ1n) is 9.98. The van der Waals surface area contributed by atoms with Crippen molar-refractivity contribution in [1.82, 2.24) is 9.29 Å². The molecule has 8 heteroatoms. The summed E-state index contributed by atoms with van der Waals surface area (Å²) >= 11 is 1.30. The number of unbranched alkanes of at least 4 members (excludes halogenated alkanes) is 2. The Hall–Kier alpha value is -1.51. The standard InChI is InChI=1S/C20H31N3O3S2/c1-5-7-11-23(12-8-6-2)28(25,26)16-9-10-17-18(14-16)27-20(21-17)22-19(24)13-15(3)4/h9-10,14-15H,5-8,11-13H2,1-4H3,(H,21,22,24). The fourth-order valence-electron chi connectivity index (χ4n) is 2.83. The summed E-state index contributed by atoms with van der Waals surface area (Å²) in [5.74, 6) is 0.190. The van der Waals surface area contributed by atoms with E-state index in [4.69, 9.17) is 0 Å². The van der Waals surface area contributed by atoms with Crippen molar-refractivity contribution in [3.05, 3.63) is 18.2 Å². The van der Waals surface area contributed by atoms with Crippen molar-refractivity contribution in [1.29, 1.82) is 0 Å². The van der Waals surface area contributed by atoms with Gasteiger partial charge < -0.3 is 5.32 Å². The van der Waals surface area contributed by atoms with E-state index in [1.165, 1.54) is 11.3 Å². The van der Waals surface area contributed by atoms with Crippen LogP contribution in [0.5, 0.6) is 0 Å². The lowest BCUT2D eigenvalue weighted by atomic mass is 10.1. The Bertz CT molecular complexity index is 883. The first kappa shape index (κ1) is 22.8. The van der Waals surface area contributed by atoms with Crippen LogP contribution in [0.4, 0.5) is 5.13 Å². The molecule has 1 heterocycles. The molecule has 6 nitrogen and oxygen atoms in total. The number of carbonyl (C=O) groups is 1. The molecule has 0 atom stereocenters. The molecule has 28 heavy (non-hydrogen) atoms. The molecule has 1 aromatic heterocycles. The van der Waals surface area contributed by atoms with Gasteiger partial charge in [0, 0.05) is 19.5 Å². The van der Waals surface area contributed by atoms with Crippen LogP contribution in [-0.4, -0.2) is 36.7 Å². The number of nitrogens with zero attached hydrogens (tertiary/aromatic N) is 2. The summed E-state index contributed by atoms with van der Waals surface area (Å²) < 4.78 is 28.6. The minimum atomic E-state index is -3.54.